The highest BCUT2D eigenvalue weighted by Crippen LogP contribution is 2.44. The van der Waals surface area contributed by atoms with Crippen LogP contribution in [-0.4, -0.2) is 12.2 Å². The van der Waals surface area contributed by atoms with Gasteiger partial charge in [0.25, 0.3) is 5.91 Å². The summed E-state index contributed by atoms with van der Waals surface area (Å²) in [4.78, 5) is 26.2. The van der Waals surface area contributed by atoms with Crippen LogP contribution >= 0.6 is 0 Å². The zero-order valence-corrected chi connectivity index (χ0v) is 12.2. The van der Waals surface area contributed by atoms with Gasteiger partial charge in [-0.25, -0.2) is 0 Å². The molecule has 0 saturated heterocycles. The van der Waals surface area contributed by atoms with Crippen molar-refractivity contribution in [3.63, 3.8) is 0 Å². The Balaban J connectivity index is 1.96. The fraction of sp³-hybridized carbons (Fsp3) is 0.0526. The van der Waals surface area contributed by atoms with Gasteiger partial charge in [0.2, 0.25) is 0 Å². The molecule has 1 aliphatic heterocycles. The molecule has 1 amide bonds. The lowest BCUT2D eigenvalue weighted by molar-refractivity contribution is -0.109. The number of para-hydroxylation sites is 1. The van der Waals surface area contributed by atoms with Crippen molar-refractivity contribution in [2.45, 2.75) is 6.04 Å². The highest BCUT2D eigenvalue weighted by atomic mass is 16.3. The van der Waals surface area contributed by atoms with Gasteiger partial charge in [-0.05, 0) is 29.3 Å². The summed E-state index contributed by atoms with van der Waals surface area (Å²) >= 11 is 0. The molecule has 1 aromatic heterocycles. The molecule has 4 nitrogen and oxygen atoms in total. The minimum atomic E-state index is -0.668. The molecule has 112 valence electrons. The average Bonchev–Trinajstić information content (AvgIpc) is 3.14. The predicted octanol–water partition coefficient (Wildman–Crippen LogP) is 3.85. The van der Waals surface area contributed by atoms with Crippen LogP contribution in [0.3, 0.4) is 0 Å². The van der Waals surface area contributed by atoms with Crippen molar-refractivity contribution < 1.29 is 14.0 Å². The predicted molar refractivity (Wildman–Crippen MR) is 86.2 cm³/mol. The Morgan fingerprint density at radius 2 is 1.70 bits per heavy atom. The SMILES string of the molecule is O=CC1c2ccccc2-c2ccccc2N1C(=O)c1ccco1. The van der Waals surface area contributed by atoms with Crippen LogP contribution in [0.4, 0.5) is 5.69 Å². The van der Waals surface area contributed by atoms with Crippen molar-refractivity contribution in [2.24, 2.45) is 0 Å². The summed E-state index contributed by atoms with van der Waals surface area (Å²) in [6.45, 7) is 0. The number of amides is 1. The van der Waals surface area contributed by atoms with Crippen molar-refractivity contribution in [1.29, 1.82) is 0 Å². The molecule has 0 radical (unpaired) electrons. The summed E-state index contributed by atoms with van der Waals surface area (Å²) in [6, 6.07) is 17.8. The van der Waals surface area contributed by atoms with Gasteiger partial charge in [-0.3, -0.25) is 9.69 Å². The molecule has 1 atom stereocenters. The van der Waals surface area contributed by atoms with Gasteiger partial charge in [0.05, 0.1) is 12.0 Å². The molecule has 2 aromatic carbocycles. The first kappa shape index (κ1) is 13.5. The van der Waals surface area contributed by atoms with Crippen LogP contribution in [-0.2, 0) is 4.79 Å². The number of hydrogen-bond acceptors (Lipinski definition) is 3. The van der Waals surface area contributed by atoms with Crippen LogP contribution < -0.4 is 4.90 Å². The van der Waals surface area contributed by atoms with E-state index in [2.05, 4.69) is 0 Å². The number of carbonyl (C=O) groups is 2. The van der Waals surface area contributed by atoms with Gasteiger partial charge in [0.15, 0.2) is 5.76 Å². The number of carbonyl (C=O) groups excluding carboxylic acids is 2. The summed E-state index contributed by atoms with van der Waals surface area (Å²) in [5.74, 6) is -0.111. The molecule has 4 heteroatoms. The van der Waals surface area contributed by atoms with Gasteiger partial charge < -0.3 is 9.21 Å². The Morgan fingerprint density at radius 1 is 0.957 bits per heavy atom. The van der Waals surface area contributed by atoms with E-state index < -0.39 is 6.04 Å². The molecule has 23 heavy (non-hydrogen) atoms. The molecule has 1 unspecified atom stereocenters. The second-order valence-corrected chi connectivity index (χ2v) is 5.34. The first-order chi connectivity index (χ1) is 11.3. The quantitative estimate of drug-likeness (QED) is 0.676. The van der Waals surface area contributed by atoms with Crippen LogP contribution in [0.5, 0.6) is 0 Å². The van der Waals surface area contributed by atoms with Crippen LogP contribution in [0.15, 0.2) is 71.3 Å². The van der Waals surface area contributed by atoms with E-state index in [1.807, 2.05) is 48.5 Å². The van der Waals surface area contributed by atoms with Gasteiger partial charge >= 0.3 is 0 Å². The molecule has 2 heterocycles. The normalized spacial score (nSPS) is 15.7. The van der Waals surface area contributed by atoms with Crippen LogP contribution in [0.1, 0.15) is 22.2 Å². The molecule has 0 aliphatic carbocycles. The van der Waals surface area contributed by atoms with Gasteiger partial charge in [0, 0.05) is 5.56 Å². The fourth-order valence-corrected chi connectivity index (χ4v) is 3.09. The number of hydrogen-bond donors (Lipinski definition) is 0. The summed E-state index contributed by atoms with van der Waals surface area (Å²) < 4.78 is 5.24. The molecule has 3 aromatic rings. The second kappa shape index (κ2) is 5.25. The topological polar surface area (TPSA) is 50.5 Å². The third-order valence-electron chi connectivity index (χ3n) is 4.09. The van der Waals surface area contributed by atoms with E-state index in [9.17, 15) is 9.59 Å². The van der Waals surface area contributed by atoms with Crippen molar-refractivity contribution in [3.8, 4) is 11.1 Å². The molecule has 0 spiro atoms. The standard InChI is InChI=1S/C19H13NO3/c21-12-17-15-8-2-1-6-13(15)14-7-3-4-9-16(14)20(17)19(22)18-10-5-11-23-18/h1-12,17H. The Labute approximate surface area is 133 Å². The van der Waals surface area contributed by atoms with E-state index in [1.165, 1.54) is 11.2 Å². The lowest BCUT2D eigenvalue weighted by Crippen LogP contribution is -2.38. The van der Waals surface area contributed by atoms with Gasteiger partial charge in [0.1, 0.15) is 12.3 Å². The largest absolute Gasteiger partial charge is 0.459 e. The van der Waals surface area contributed by atoms with E-state index in [0.717, 1.165) is 23.0 Å². The highest BCUT2D eigenvalue weighted by molar-refractivity contribution is 6.10. The number of rotatable bonds is 2. The molecule has 0 saturated carbocycles. The maximum absolute atomic E-state index is 12.9. The maximum atomic E-state index is 12.9. The zero-order chi connectivity index (χ0) is 15.8. The van der Waals surface area contributed by atoms with E-state index >= 15 is 0 Å². The molecular formula is C19H13NO3. The minimum absolute atomic E-state index is 0.214. The van der Waals surface area contributed by atoms with E-state index in [1.54, 1.807) is 12.1 Å². The lowest BCUT2D eigenvalue weighted by Gasteiger charge is -2.35. The first-order valence-electron chi connectivity index (χ1n) is 7.32. The van der Waals surface area contributed by atoms with E-state index in [0.29, 0.717) is 5.69 Å². The Kier molecular flexibility index (Phi) is 3.08. The van der Waals surface area contributed by atoms with Crippen molar-refractivity contribution in [3.05, 3.63) is 78.3 Å². The number of aldehydes is 1. The van der Waals surface area contributed by atoms with Gasteiger partial charge in [-0.2, -0.15) is 0 Å². The second-order valence-electron chi connectivity index (χ2n) is 5.34. The monoisotopic (exact) mass is 303 g/mol. The fourth-order valence-electron chi connectivity index (χ4n) is 3.09. The summed E-state index contributed by atoms with van der Waals surface area (Å²) in [7, 11) is 0. The Morgan fingerprint density at radius 3 is 2.43 bits per heavy atom. The third-order valence-corrected chi connectivity index (χ3v) is 4.09. The number of fused-ring (bicyclic) bond motifs is 3. The number of nitrogens with zero attached hydrogens (tertiary/aromatic N) is 1. The van der Waals surface area contributed by atoms with E-state index in [-0.39, 0.29) is 11.7 Å². The minimum Gasteiger partial charge on any atom is -0.459 e. The Hall–Kier alpha value is -3.14. The van der Waals surface area contributed by atoms with Crippen LogP contribution in [0.2, 0.25) is 0 Å². The number of anilines is 1. The third kappa shape index (κ3) is 1.99. The highest BCUT2D eigenvalue weighted by Gasteiger charge is 2.35. The molecule has 0 fully saturated rings. The zero-order valence-electron chi connectivity index (χ0n) is 12.2. The summed E-state index contributed by atoms with van der Waals surface area (Å²) in [5.41, 5.74) is 3.44. The van der Waals surface area contributed by atoms with Crippen LogP contribution in [0.25, 0.3) is 11.1 Å². The van der Waals surface area contributed by atoms with Crippen molar-refractivity contribution >= 4 is 17.9 Å². The van der Waals surface area contributed by atoms with Crippen molar-refractivity contribution in [1.82, 2.24) is 0 Å². The Bertz CT molecular complexity index is 883. The average molecular weight is 303 g/mol. The molecule has 4 rings (SSSR count). The van der Waals surface area contributed by atoms with E-state index in [4.69, 9.17) is 4.42 Å². The number of furan rings is 1. The summed E-state index contributed by atoms with van der Waals surface area (Å²) in [6.07, 6.45) is 2.25. The van der Waals surface area contributed by atoms with Crippen LogP contribution in [0, 0.1) is 0 Å². The maximum Gasteiger partial charge on any atom is 0.294 e. The van der Waals surface area contributed by atoms with Gasteiger partial charge in [-0.15, -0.1) is 0 Å². The summed E-state index contributed by atoms with van der Waals surface area (Å²) in [5, 5.41) is 0. The molecular weight excluding hydrogens is 290 g/mol. The first-order valence-corrected chi connectivity index (χ1v) is 7.32. The number of benzene rings is 2. The molecule has 0 bridgehead atoms. The smallest absolute Gasteiger partial charge is 0.294 e. The lowest BCUT2D eigenvalue weighted by atomic mass is 9.88. The van der Waals surface area contributed by atoms with Crippen molar-refractivity contribution in [2.75, 3.05) is 4.90 Å². The molecule has 0 N–H and O–H groups in total. The molecule has 1 aliphatic rings. The van der Waals surface area contributed by atoms with Gasteiger partial charge in [-0.1, -0.05) is 42.5 Å².